The summed E-state index contributed by atoms with van der Waals surface area (Å²) in [7, 11) is 0. The molecule has 81 valence electrons. The number of nitrogens with one attached hydrogen (secondary N) is 1. The molecule has 2 heterocycles. The summed E-state index contributed by atoms with van der Waals surface area (Å²) in [6.07, 6.45) is 3.57. The highest BCUT2D eigenvalue weighted by Crippen LogP contribution is 2.19. The smallest absolute Gasteiger partial charge is 0.138 e. The van der Waals surface area contributed by atoms with E-state index in [0.29, 0.717) is 0 Å². The number of aromatic nitrogens is 3. The molecule has 2 aromatic heterocycles. The van der Waals surface area contributed by atoms with Crippen LogP contribution in [-0.2, 0) is 0 Å². The second kappa shape index (κ2) is 4.22. The van der Waals surface area contributed by atoms with Crippen LogP contribution in [0.15, 0.2) is 54.9 Å². The van der Waals surface area contributed by atoms with E-state index in [9.17, 15) is 0 Å². The van der Waals surface area contributed by atoms with E-state index in [2.05, 4.69) is 21.0 Å². The highest BCUT2D eigenvalue weighted by atomic mass is 14.9. The van der Waals surface area contributed by atoms with Crippen LogP contribution in [0.3, 0.4) is 0 Å². The SMILES string of the molecule is [c]1ccnc(-c2c[nH]c(-c3ccccc3)n2)c1. The van der Waals surface area contributed by atoms with Crippen LogP contribution in [0.5, 0.6) is 0 Å². The zero-order valence-corrected chi connectivity index (χ0v) is 9.09. The van der Waals surface area contributed by atoms with Crippen LogP contribution in [0.4, 0.5) is 0 Å². The van der Waals surface area contributed by atoms with E-state index in [1.165, 1.54) is 0 Å². The largest absolute Gasteiger partial charge is 0.344 e. The first-order valence-electron chi connectivity index (χ1n) is 5.37. The molecule has 0 aliphatic rings. The molecule has 0 fully saturated rings. The lowest BCUT2D eigenvalue weighted by atomic mass is 10.2. The van der Waals surface area contributed by atoms with Crippen molar-refractivity contribution in [3.8, 4) is 22.8 Å². The Morgan fingerprint density at radius 1 is 1.06 bits per heavy atom. The van der Waals surface area contributed by atoms with Crippen LogP contribution in [0.25, 0.3) is 22.8 Å². The van der Waals surface area contributed by atoms with Crippen molar-refractivity contribution in [1.82, 2.24) is 15.0 Å². The van der Waals surface area contributed by atoms with Crippen molar-refractivity contribution in [3.05, 3.63) is 60.9 Å². The van der Waals surface area contributed by atoms with Crippen LogP contribution in [-0.4, -0.2) is 15.0 Å². The van der Waals surface area contributed by atoms with Gasteiger partial charge in [-0.05, 0) is 18.2 Å². The summed E-state index contributed by atoms with van der Waals surface area (Å²) in [5.41, 5.74) is 2.73. The average molecular weight is 220 g/mol. The molecular formula is C14H10N3. The number of hydrogen-bond acceptors (Lipinski definition) is 2. The first-order chi connectivity index (χ1) is 8.43. The van der Waals surface area contributed by atoms with Gasteiger partial charge in [-0.25, -0.2) is 4.98 Å². The van der Waals surface area contributed by atoms with Gasteiger partial charge in [0.1, 0.15) is 11.5 Å². The highest BCUT2D eigenvalue weighted by molar-refractivity contribution is 5.61. The van der Waals surface area contributed by atoms with Crippen molar-refractivity contribution in [2.75, 3.05) is 0 Å². The Hall–Kier alpha value is -2.42. The third-order valence-corrected chi connectivity index (χ3v) is 2.49. The fraction of sp³-hybridized carbons (Fsp3) is 0. The Labute approximate surface area is 99.2 Å². The summed E-state index contributed by atoms with van der Waals surface area (Å²) in [6.45, 7) is 0. The molecule has 0 bridgehead atoms. The minimum atomic E-state index is 0.825. The Morgan fingerprint density at radius 3 is 2.71 bits per heavy atom. The highest BCUT2D eigenvalue weighted by Gasteiger charge is 2.05. The minimum absolute atomic E-state index is 0.825. The molecule has 17 heavy (non-hydrogen) atoms. The zero-order chi connectivity index (χ0) is 11.5. The van der Waals surface area contributed by atoms with E-state index in [1.807, 2.05) is 42.6 Å². The van der Waals surface area contributed by atoms with Gasteiger partial charge in [-0.1, -0.05) is 30.3 Å². The number of rotatable bonds is 2. The van der Waals surface area contributed by atoms with Gasteiger partial charge in [0.15, 0.2) is 0 Å². The lowest BCUT2D eigenvalue weighted by Gasteiger charge is -1.95. The summed E-state index contributed by atoms with van der Waals surface area (Å²) >= 11 is 0. The van der Waals surface area contributed by atoms with Crippen LogP contribution in [0.2, 0.25) is 0 Å². The molecule has 3 rings (SSSR count). The predicted octanol–water partition coefficient (Wildman–Crippen LogP) is 2.94. The number of nitrogens with zero attached hydrogens (tertiary/aromatic N) is 2. The van der Waals surface area contributed by atoms with Gasteiger partial charge >= 0.3 is 0 Å². The number of H-pyrrole nitrogens is 1. The van der Waals surface area contributed by atoms with Gasteiger partial charge < -0.3 is 4.98 Å². The van der Waals surface area contributed by atoms with E-state index >= 15 is 0 Å². The normalized spacial score (nSPS) is 10.4. The number of hydrogen-bond donors (Lipinski definition) is 1. The molecule has 1 aromatic carbocycles. The molecule has 1 radical (unpaired) electrons. The third-order valence-electron chi connectivity index (χ3n) is 2.49. The third kappa shape index (κ3) is 1.95. The van der Waals surface area contributed by atoms with Crippen molar-refractivity contribution in [2.45, 2.75) is 0 Å². The van der Waals surface area contributed by atoms with Gasteiger partial charge in [0, 0.05) is 18.0 Å². The van der Waals surface area contributed by atoms with Gasteiger partial charge in [0.2, 0.25) is 0 Å². The molecule has 0 saturated heterocycles. The Kier molecular flexibility index (Phi) is 2.43. The maximum Gasteiger partial charge on any atom is 0.138 e. The fourth-order valence-electron chi connectivity index (χ4n) is 1.66. The predicted molar refractivity (Wildman–Crippen MR) is 66.1 cm³/mol. The van der Waals surface area contributed by atoms with Crippen molar-refractivity contribution < 1.29 is 0 Å². The molecule has 0 aliphatic carbocycles. The molecule has 3 heteroatoms. The topological polar surface area (TPSA) is 41.6 Å². The van der Waals surface area contributed by atoms with Gasteiger partial charge in [-0.15, -0.1) is 0 Å². The molecular weight excluding hydrogens is 210 g/mol. The number of benzene rings is 1. The molecule has 0 unspecified atom stereocenters. The van der Waals surface area contributed by atoms with Gasteiger partial charge in [0.05, 0.1) is 5.69 Å². The van der Waals surface area contributed by atoms with Crippen molar-refractivity contribution >= 4 is 0 Å². The molecule has 1 N–H and O–H groups in total. The summed E-state index contributed by atoms with van der Waals surface area (Å²) in [5, 5.41) is 0. The molecule has 3 aromatic rings. The van der Waals surface area contributed by atoms with E-state index in [-0.39, 0.29) is 0 Å². The van der Waals surface area contributed by atoms with E-state index in [1.54, 1.807) is 12.3 Å². The molecule has 3 nitrogen and oxygen atoms in total. The van der Waals surface area contributed by atoms with Crippen molar-refractivity contribution in [3.63, 3.8) is 0 Å². The van der Waals surface area contributed by atoms with Crippen LogP contribution in [0, 0.1) is 6.07 Å². The zero-order valence-electron chi connectivity index (χ0n) is 9.09. The number of aromatic amines is 1. The van der Waals surface area contributed by atoms with Crippen molar-refractivity contribution in [1.29, 1.82) is 0 Å². The Bertz CT molecular complexity index is 546. The van der Waals surface area contributed by atoms with Crippen LogP contribution in [0.1, 0.15) is 0 Å². The summed E-state index contributed by atoms with van der Waals surface area (Å²) in [4.78, 5) is 11.9. The van der Waals surface area contributed by atoms with E-state index in [0.717, 1.165) is 22.8 Å². The molecule has 0 saturated carbocycles. The van der Waals surface area contributed by atoms with Gasteiger partial charge in [0.25, 0.3) is 0 Å². The van der Waals surface area contributed by atoms with Gasteiger partial charge in [-0.2, -0.15) is 0 Å². The lowest BCUT2D eigenvalue weighted by Crippen LogP contribution is -1.82. The molecule has 0 atom stereocenters. The first kappa shape index (κ1) is 9.78. The standard InChI is InChI=1S/C14H10N3/c1-2-6-11(7-3-1)14-16-10-13(17-14)12-8-4-5-9-15-12/h1-3,5-10H,(H,16,17). The summed E-state index contributed by atoms with van der Waals surface area (Å²) in [6, 6.07) is 16.6. The van der Waals surface area contributed by atoms with E-state index in [4.69, 9.17) is 0 Å². The van der Waals surface area contributed by atoms with Crippen molar-refractivity contribution in [2.24, 2.45) is 0 Å². The molecule has 0 amide bonds. The maximum atomic E-state index is 4.51. The summed E-state index contributed by atoms with van der Waals surface area (Å²) < 4.78 is 0. The minimum Gasteiger partial charge on any atom is -0.344 e. The van der Waals surface area contributed by atoms with E-state index < -0.39 is 0 Å². The molecule has 0 spiro atoms. The first-order valence-corrected chi connectivity index (χ1v) is 5.37. The Morgan fingerprint density at radius 2 is 1.94 bits per heavy atom. The summed E-state index contributed by atoms with van der Waals surface area (Å²) in [5.74, 6) is 0.853. The van der Waals surface area contributed by atoms with Crippen LogP contribution < -0.4 is 0 Å². The quantitative estimate of drug-likeness (QED) is 0.721. The Balaban J connectivity index is 1.99. The lowest BCUT2D eigenvalue weighted by molar-refractivity contribution is 1.27. The monoisotopic (exact) mass is 220 g/mol. The maximum absolute atomic E-state index is 4.51. The number of pyridine rings is 1. The molecule has 0 aliphatic heterocycles. The van der Waals surface area contributed by atoms with Crippen LogP contribution >= 0.6 is 0 Å². The number of imidazole rings is 1. The fourth-order valence-corrected chi connectivity index (χ4v) is 1.66. The second-order valence-corrected chi connectivity index (χ2v) is 3.64. The van der Waals surface area contributed by atoms with Gasteiger partial charge in [-0.3, -0.25) is 4.98 Å². The second-order valence-electron chi connectivity index (χ2n) is 3.64. The average Bonchev–Trinajstić information content (AvgIpc) is 2.90.